The standard InChI is InChI=1S/C27H23F3N4O2/c1-33(18-24(35)31-23-15-9-8-14-22(23)27(28,29)30)26(36)21-17-34(16-19-10-4-2-5-11-19)32-25(21)20-12-6-3-7-13-20/h2-15,17H,16,18H2,1H3,(H,31,35). The van der Waals surface area contributed by atoms with Gasteiger partial charge in [-0.25, -0.2) is 0 Å². The van der Waals surface area contributed by atoms with Crippen LogP contribution < -0.4 is 5.32 Å². The van der Waals surface area contributed by atoms with Crippen LogP contribution in [0.1, 0.15) is 21.5 Å². The highest BCUT2D eigenvalue weighted by Crippen LogP contribution is 2.34. The van der Waals surface area contributed by atoms with Crippen LogP contribution in [0.4, 0.5) is 18.9 Å². The summed E-state index contributed by atoms with van der Waals surface area (Å²) in [5.74, 6) is -1.23. The lowest BCUT2D eigenvalue weighted by Crippen LogP contribution is -2.35. The predicted molar refractivity (Wildman–Crippen MR) is 130 cm³/mol. The fourth-order valence-corrected chi connectivity index (χ4v) is 3.76. The molecule has 0 aliphatic heterocycles. The highest BCUT2D eigenvalue weighted by Gasteiger charge is 2.33. The molecular weight excluding hydrogens is 469 g/mol. The number of para-hydroxylation sites is 1. The van der Waals surface area contributed by atoms with Gasteiger partial charge in [-0.1, -0.05) is 72.8 Å². The first-order chi connectivity index (χ1) is 17.2. The van der Waals surface area contributed by atoms with E-state index in [9.17, 15) is 22.8 Å². The first kappa shape index (κ1) is 24.7. The number of nitrogens with zero attached hydrogens (tertiary/aromatic N) is 3. The molecule has 184 valence electrons. The van der Waals surface area contributed by atoms with Crippen LogP contribution in [0.15, 0.2) is 91.1 Å². The van der Waals surface area contributed by atoms with Crippen molar-refractivity contribution in [1.29, 1.82) is 0 Å². The van der Waals surface area contributed by atoms with Crippen LogP contribution >= 0.6 is 0 Å². The number of aromatic nitrogens is 2. The topological polar surface area (TPSA) is 67.2 Å². The summed E-state index contributed by atoms with van der Waals surface area (Å²) >= 11 is 0. The Morgan fingerprint density at radius 3 is 2.19 bits per heavy atom. The SMILES string of the molecule is CN(CC(=O)Nc1ccccc1C(F)(F)F)C(=O)c1cn(Cc2ccccc2)nc1-c1ccccc1. The number of carbonyl (C=O) groups excluding carboxylic acids is 2. The minimum absolute atomic E-state index is 0.281. The van der Waals surface area contributed by atoms with E-state index in [0.717, 1.165) is 22.1 Å². The zero-order chi connectivity index (χ0) is 25.7. The quantitative estimate of drug-likeness (QED) is 0.379. The number of benzene rings is 3. The molecule has 0 unspecified atom stereocenters. The summed E-state index contributed by atoms with van der Waals surface area (Å²) in [6.45, 7) is -0.00446. The van der Waals surface area contributed by atoms with Crippen LogP contribution in [0.25, 0.3) is 11.3 Å². The molecule has 2 amide bonds. The van der Waals surface area contributed by atoms with Crippen molar-refractivity contribution in [1.82, 2.24) is 14.7 Å². The second kappa shape index (κ2) is 10.5. The van der Waals surface area contributed by atoms with Gasteiger partial charge in [0.1, 0.15) is 5.69 Å². The number of halogens is 3. The molecule has 0 atom stereocenters. The maximum atomic E-state index is 13.3. The van der Waals surface area contributed by atoms with Crippen LogP contribution in [-0.2, 0) is 17.5 Å². The summed E-state index contributed by atoms with van der Waals surface area (Å²) in [6, 6.07) is 23.5. The third-order valence-electron chi connectivity index (χ3n) is 5.46. The molecule has 6 nitrogen and oxygen atoms in total. The van der Waals surface area contributed by atoms with Gasteiger partial charge in [-0.3, -0.25) is 14.3 Å². The smallest absolute Gasteiger partial charge is 0.332 e. The highest BCUT2D eigenvalue weighted by molar-refractivity contribution is 6.02. The summed E-state index contributed by atoms with van der Waals surface area (Å²) in [5, 5.41) is 6.87. The van der Waals surface area contributed by atoms with Crippen molar-refractivity contribution in [3.05, 3.63) is 108 Å². The summed E-state index contributed by atoms with van der Waals surface area (Å²) in [4.78, 5) is 27.0. The molecule has 0 aliphatic rings. The Labute approximate surface area is 206 Å². The lowest BCUT2D eigenvalue weighted by molar-refractivity contribution is -0.137. The Bertz CT molecular complexity index is 1350. The normalized spacial score (nSPS) is 11.2. The van der Waals surface area contributed by atoms with Crippen molar-refractivity contribution < 1.29 is 22.8 Å². The largest absolute Gasteiger partial charge is 0.418 e. The van der Waals surface area contributed by atoms with Gasteiger partial charge < -0.3 is 10.2 Å². The van der Waals surface area contributed by atoms with Crippen LogP contribution in [0.2, 0.25) is 0 Å². The second-order valence-electron chi connectivity index (χ2n) is 8.19. The summed E-state index contributed by atoms with van der Waals surface area (Å²) in [6.07, 6.45) is -3.01. The molecule has 4 rings (SSSR count). The fourth-order valence-electron chi connectivity index (χ4n) is 3.76. The van der Waals surface area contributed by atoms with E-state index in [1.165, 1.54) is 25.2 Å². The average Bonchev–Trinajstić information content (AvgIpc) is 3.28. The molecule has 1 aromatic heterocycles. The van der Waals surface area contributed by atoms with E-state index in [-0.39, 0.29) is 11.3 Å². The number of amides is 2. The Kier molecular flexibility index (Phi) is 7.19. The van der Waals surface area contributed by atoms with Crippen molar-refractivity contribution in [3.8, 4) is 11.3 Å². The summed E-state index contributed by atoms with van der Waals surface area (Å²) in [5.41, 5.74) is 1.13. The number of nitrogens with one attached hydrogen (secondary N) is 1. The van der Waals surface area contributed by atoms with Crippen molar-refractivity contribution in [3.63, 3.8) is 0 Å². The van der Waals surface area contributed by atoms with Gasteiger partial charge in [-0.15, -0.1) is 0 Å². The van der Waals surface area contributed by atoms with Crippen molar-refractivity contribution in [2.24, 2.45) is 0 Å². The number of rotatable bonds is 7. The third kappa shape index (κ3) is 5.80. The maximum Gasteiger partial charge on any atom is 0.418 e. The molecule has 36 heavy (non-hydrogen) atoms. The molecule has 9 heteroatoms. The van der Waals surface area contributed by atoms with Crippen LogP contribution in [-0.4, -0.2) is 40.1 Å². The molecule has 0 bridgehead atoms. The minimum Gasteiger partial charge on any atom is -0.332 e. The second-order valence-corrected chi connectivity index (χ2v) is 8.19. The Balaban J connectivity index is 1.55. The number of hydrogen-bond donors (Lipinski definition) is 1. The molecule has 0 saturated heterocycles. The number of likely N-dealkylation sites (N-methyl/N-ethyl adjacent to an activating group) is 1. The lowest BCUT2D eigenvalue weighted by Gasteiger charge is -2.18. The van der Waals surface area contributed by atoms with Crippen LogP contribution in [0.3, 0.4) is 0 Å². The predicted octanol–water partition coefficient (Wildman–Crippen LogP) is 5.33. The van der Waals surface area contributed by atoms with E-state index in [2.05, 4.69) is 10.4 Å². The molecule has 0 aliphatic carbocycles. The van der Waals surface area contributed by atoms with Gasteiger partial charge in [0.15, 0.2) is 0 Å². The van der Waals surface area contributed by atoms with Crippen LogP contribution in [0.5, 0.6) is 0 Å². The van der Waals surface area contributed by atoms with Gasteiger partial charge in [0.05, 0.1) is 29.9 Å². The van der Waals surface area contributed by atoms with E-state index in [1.54, 1.807) is 10.9 Å². The molecule has 1 N–H and O–H groups in total. The Morgan fingerprint density at radius 1 is 0.917 bits per heavy atom. The summed E-state index contributed by atoms with van der Waals surface area (Å²) < 4.78 is 41.4. The highest BCUT2D eigenvalue weighted by atomic mass is 19.4. The van der Waals surface area contributed by atoms with Gasteiger partial charge in [-0.2, -0.15) is 18.3 Å². The molecule has 0 saturated carbocycles. The molecule has 0 radical (unpaired) electrons. The molecule has 3 aromatic carbocycles. The maximum absolute atomic E-state index is 13.3. The van der Waals surface area contributed by atoms with Gasteiger partial charge >= 0.3 is 6.18 Å². The number of anilines is 1. The van der Waals surface area contributed by atoms with Crippen molar-refractivity contribution >= 4 is 17.5 Å². The lowest BCUT2D eigenvalue weighted by atomic mass is 10.1. The first-order valence-corrected chi connectivity index (χ1v) is 11.1. The molecule has 0 spiro atoms. The molecule has 1 heterocycles. The molecule has 0 fully saturated rings. The zero-order valence-electron chi connectivity index (χ0n) is 19.4. The van der Waals surface area contributed by atoms with E-state index < -0.39 is 30.1 Å². The first-order valence-electron chi connectivity index (χ1n) is 11.1. The van der Waals surface area contributed by atoms with E-state index in [1.807, 2.05) is 60.7 Å². The van der Waals surface area contributed by atoms with Crippen molar-refractivity contribution in [2.75, 3.05) is 18.9 Å². The Morgan fingerprint density at radius 2 is 1.53 bits per heavy atom. The van der Waals surface area contributed by atoms with Crippen LogP contribution in [0, 0.1) is 0 Å². The Hall–Kier alpha value is -4.40. The molecular formula is C27H23F3N4O2. The number of hydrogen-bond acceptors (Lipinski definition) is 3. The number of alkyl halides is 3. The molecule has 4 aromatic rings. The fraction of sp³-hybridized carbons (Fsp3) is 0.148. The third-order valence-corrected chi connectivity index (χ3v) is 5.46. The van der Waals surface area contributed by atoms with Crippen molar-refractivity contribution in [2.45, 2.75) is 12.7 Å². The summed E-state index contributed by atoms with van der Waals surface area (Å²) in [7, 11) is 1.42. The van der Waals surface area contributed by atoms with E-state index in [4.69, 9.17) is 0 Å². The average molecular weight is 493 g/mol. The van der Waals surface area contributed by atoms with Gasteiger partial charge in [0, 0.05) is 18.8 Å². The van der Waals surface area contributed by atoms with Gasteiger partial charge in [0.25, 0.3) is 5.91 Å². The van der Waals surface area contributed by atoms with Gasteiger partial charge in [-0.05, 0) is 17.7 Å². The monoisotopic (exact) mass is 492 g/mol. The van der Waals surface area contributed by atoms with Gasteiger partial charge in [0.2, 0.25) is 5.91 Å². The van der Waals surface area contributed by atoms with E-state index in [0.29, 0.717) is 12.2 Å². The van der Waals surface area contributed by atoms with E-state index >= 15 is 0 Å². The zero-order valence-corrected chi connectivity index (χ0v) is 19.4. The minimum atomic E-state index is -4.62. The number of carbonyl (C=O) groups is 2.